The van der Waals surface area contributed by atoms with Crippen molar-refractivity contribution < 1.29 is 4.79 Å². The molecule has 0 spiro atoms. The minimum absolute atomic E-state index is 0.102. The molecule has 1 aromatic carbocycles. The van der Waals surface area contributed by atoms with Gasteiger partial charge < -0.3 is 10.2 Å². The molecule has 3 nitrogen and oxygen atoms in total. The summed E-state index contributed by atoms with van der Waals surface area (Å²) in [6.07, 6.45) is 2.08. The lowest BCUT2D eigenvalue weighted by molar-refractivity contribution is 0.213. The first kappa shape index (κ1) is 15.3. The lowest BCUT2D eigenvalue weighted by Gasteiger charge is -2.21. The molecule has 0 saturated carbocycles. The fraction of sp³-hybridized carbons (Fsp3) is 0.462. The van der Waals surface area contributed by atoms with Crippen LogP contribution >= 0.6 is 27.5 Å². The van der Waals surface area contributed by atoms with Crippen molar-refractivity contribution in [2.24, 2.45) is 0 Å². The molecule has 0 heterocycles. The first-order valence-electron chi connectivity index (χ1n) is 6.09. The van der Waals surface area contributed by atoms with Crippen molar-refractivity contribution >= 4 is 39.2 Å². The molecule has 0 atom stereocenters. The van der Waals surface area contributed by atoms with Crippen LogP contribution in [0.3, 0.4) is 0 Å². The number of anilines is 1. The van der Waals surface area contributed by atoms with Gasteiger partial charge in [-0.1, -0.05) is 40.9 Å². The second kappa shape index (κ2) is 7.64. The number of hydrogen-bond donors (Lipinski definition) is 1. The fourth-order valence-electron chi connectivity index (χ4n) is 1.54. The Kier molecular flexibility index (Phi) is 6.50. The molecule has 2 amide bonds. The van der Waals surface area contributed by atoms with Crippen LogP contribution in [0.2, 0.25) is 5.02 Å². The van der Waals surface area contributed by atoms with Crippen molar-refractivity contribution in [1.82, 2.24) is 4.90 Å². The van der Waals surface area contributed by atoms with Gasteiger partial charge in [0.1, 0.15) is 0 Å². The number of nitrogens with one attached hydrogen (secondary N) is 1. The van der Waals surface area contributed by atoms with Crippen molar-refractivity contribution in [3.63, 3.8) is 0 Å². The van der Waals surface area contributed by atoms with E-state index in [1.54, 1.807) is 17.0 Å². The SMILES string of the molecule is CCCCN(CC)C(=O)Nc1ccc(Br)cc1Cl. The Labute approximate surface area is 122 Å². The maximum absolute atomic E-state index is 12.0. The van der Waals surface area contributed by atoms with Crippen LogP contribution in [-0.4, -0.2) is 24.0 Å². The van der Waals surface area contributed by atoms with Gasteiger partial charge in [-0.2, -0.15) is 0 Å². The van der Waals surface area contributed by atoms with Crippen molar-refractivity contribution in [3.8, 4) is 0 Å². The number of hydrogen-bond acceptors (Lipinski definition) is 1. The first-order valence-corrected chi connectivity index (χ1v) is 7.26. The van der Waals surface area contributed by atoms with E-state index >= 15 is 0 Å². The number of nitrogens with zero attached hydrogens (tertiary/aromatic N) is 1. The number of amides is 2. The van der Waals surface area contributed by atoms with E-state index in [0.29, 0.717) is 17.3 Å². The van der Waals surface area contributed by atoms with E-state index in [4.69, 9.17) is 11.6 Å². The minimum Gasteiger partial charge on any atom is -0.325 e. The lowest BCUT2D eigenvalue weighted by Crippen LogP contribution is -2.35. The maximum Gasteiger partial charge on any atom is 0.321 e. The van der Waals surface area contributed by atoms with Gasteiger partial charge in [0.15, 0.2) is 0 Å². The van der Waals surface area contributed by atoms with Gasteiger partial charge in [-0.15, -0.1) is 0 Å². The molecule has 0 fully saturated rings. The second-order valence-electron chi connectivity index (χ2n) is 3.99. The zero-order valence-electron chi connectivity index (χ0n) is 10.7. The Balaban J connectivity index is 2.67. The normalized spacial score (nSPS) is 10.2. The van der Waals surface area contributed by atoms with E-state index in [1.807, 2.05) is 13.0 Å². The van der Waals surface area contributed by atoms with E-state index in [2.05, 4.69) is 28.2 Å². The van der Waals surface area contributed by atoms with E-state index in [1.165, 1.54) is 0 Å². The molecule has 0 saturated heterocycles. The molecule has 0 bridgehead atoms. The average molecular weight is 334 g/mol. The Hall–Kier alpha value is -0.740. The zero-order valence-corrected chi connectivity index (χ0v) is 13.0. The molecule has 0 aliphatic heterocycles. The summed E-state index contributed by atoms with van der Waals surface area (Å²) < 4.78 is 0.892. The Bertz CT molecular complexity index is 412. The van der Waals surface area contributed by atoms with Crippen molar-refractivity contribution in [3.05, 3.63) is 27.7 Å². The standard InChI is InChI=1S/C13H18BrClN2O/c1-3-5-8-17(4-2)13(18)16-12-7-6-10(14)9-11(12)15/h6-7,9H,3-5,8H2,1-2H3,(H,16,18). The number of carbonyl (C=O) groups is 1. The Morgan fingerprint density at radius 1 is 1.44 bits per heavy atom. The number of benzene rings is 1. The summed E-state index contributed by atoms with van der Waals surface area (Å²) in [5.74, 6) is 0. The molecule has 1 N–H and O–H groups in total. The van der Waals surface area contributed by atoms with E-state index in [0.717, 1.165) is 23.9 Å². The van der Waals surface area contributed by atoms with E-state index < -0.39 is 0 Å². The number of rotatable bonds is 5. The van der Waals surface area contributed by atoms with Gasteiger partial charge in [0.05, 0.1) is 10.7 Å². The van der Waals surface area contributed by atoms with Crippen molar-refractivity contribution in [2.45, 2.75) is 26.7 Å². The van der Waals surface area contributed by atoms with Crippen LogP contribution in [0.5, 0.6) is 0 Å². The summed E-state index contributed by atoms with van der Waals surface area (Å²) in [5, 5.41) is 3.36. The van der Waals surface area contributed by atoms with Gasteiger partial charge in [0.25, 0.3) is 0 Å². The summed E-state index contributed by atoms with van der Waals surface area (Å²) in [7, 11) is 0. The molecule has 0 radical (unpaired) electrons. The minimum atomic E-state index is -0.102. The average Bonchev–Trinajstić information content (AvgIpc) is 2.34. The Morgan fingerprint density at radius 3 is 2.72 bits per heavy atom. The van der Waals surface area contributed by atoms with Crippen LogP contribution < -0.4 is 5.32 Å². The first-order chi connectivity index (χ1) is 8.58. The third-order valence-electron chi connectivity index (χ3n) is 2.62. The summed E-state index contributed by atoms with van der Waals surface area (Å²) in [6.45, 7) is 5.54. The largest absolute Gasteiger partial charge is 0.325 e. The molecule has 1 rings (SSSR count). The number of carbonyl (C=O) groups excluding carboxylic acids is 1. The third kappa shape index (κ3) is 4.50. The van der Waals surface area contributed by atoms with Gasteiger partial charge in [-0.05, 0) is 31.5 Å². The predicted octanol–water partition coefficient (Wildman–Crippen LogP) is 4.76. The third-order valence-corrected chi connectivity index (χ3v) is 3.43. The monoisotopic (exact) mass is 332 g/mol. The quantitative estimate of drug-likeness (QED) is 0.828. The lowest BCUT2D eigenvalue weighted by atomic mass is 10.3. The summed E-state index contributed by atoms with van der Waals surface area (Å²) in [6, 6.07) is 5.30. The highest BCUT2D eigenvalue weighted by Gasteiger charge is 2.12. The van der Waals surface area contributed by atoms with Crippen LogP contribution in [0.15, 0.2) is 22.7 Å². The molecule has 0 unspecified atom stereocenters. The molecular weight excluding hydrogens is 316 g/mol. The van der Waals surface area contributed by atoms with Gasteiger partial charge >= 0.3 is 6.03 Å². The summed E-state index contributed by atoms with van der Waals surface area (Å²) in [4.78, 5) is 13.8. The highest BCUT2D eigenvalue weighted by molar-refractivity contribution is 9.10. The molecule has 5 heteroatoms. The van der Waals surface area contributed by atoms with E-state index in [-0.39, 0.29) is 6.03 Å². The summed E-state index contributed by atoms with van der Waals surface area (Å²) in [5.41, 5.74) is 0.639. The highest BCUT2D eigenvalue weighted by atomic mass is 79.9. The van der Waals surface area contributed by atoms with Crippen molar-refractivity contribution in [1.29, 1.82) is 0 Å². The molecule has 0 aliphatic carbocycles. The Morgan fingerprint density at radius 2 is 2.17 bits per heavy atom. The topological polar surface area (TPSA) is 32.3 Å². The molecule has 1 aromatic rings. The molecule has 0 aromatic heterocycles. The maximum atomic E-state index is 12.0. The number of urea groups is 1. The van der Waals surface area contributed by atoms with Crippen LogP contribution in [0.1, 0.15) is 26.7 Å². The molecule has 0 aliphatic rings. The second-order valence-corrected chi connectivity index (χ2v) is 5.31. The fourth-order valence-corrected chi connectivity index (χ4v) is 2.26. The molecule has 100 valence electrons. The van der Waals surface area contributed by atoms with Gasteiger partial charge in [0.2, 0.25) is 0 Å². The molecule has 18 heavy (non-hydrogen) atoms. The van der Waals surface area contributed by atoms with E-state index in [9.17, 15) is 4.79 Å². The zero-order chi connectivity index (χ0) is 13.5. The van der Waals surface area contributed by atoms with Crippen molar-refractivity contribution in [2.75, 3.05) is 18.4 Å². The highest BCUT2D eigenvalue weighted by Crippen LogP contribution is 2.25. The van der Waals surface area contributed by atoms with Crippen LogP contribution in [0.25, 0.3) is 0 Å². The van der Waals surface area contributed by atoms with Gasteiger partial charge in [-0.25, -0.2) is 4.79 Å². The van der Waals surface area contributed by atoms with Gasteiger partial charge in [-0.3, -0.25) is 0 Å². The van der Waals surface area contributed by atoms with Gasteiger partial charge in [0, 0.05) is 17.6 Å². The van der Waals surface area contributed by atoms with Crippen LogP contribution in [0, 0.1) is 0 Å². The molecular formula is C13H18BrClN2O. The van der Waals surface area contributed by atoms with Crippen LogP contribution in [0.4, 0.5) is 10.5 Å². The smallest absolute Gasteiger partial charge is 0.321 e. The number of halogens is 2. The summed E-state index contributed by atoms with van der Waals surface area (Å²) >= 11 is 9.39. The predicted molar refractivity (Wildman–Crippen MR) is 80.3 cm³/mol. The van der Waals surface area contributed by atoms with Crippen LogP contribution in [-0.2, 0) is 0 Å². The number of unbranched alkanes of at least 4 members (excludes halogenated alkanes) is 1.